The van der Waals surface area contributed by atoms with Gasteiger partial charge in [-0.1, -0.05) is 26.0 Å². The first kappa shape index (κ1) is 18.5. The van der Waals surface area contributed by atoms with Gasteiger partial charge < -0.3 is 5.32 Å². The third-order valence-corrected chi connectivity index (χ3v) is 5.73. The molecule has 0 radical (unpaired) electrons. The predicted octanol–water partition coefficient (Wildman–Crippen LogP) is 3.11. The van der Waals surface area contributed by atoms with E-state index in [0.717, 1.165) is 40.4 Å². The van der Waals surface area contributed by atoms with Crippen LogP contribution in [0.1, 0.15) is 34.8 Å². The summed E-state index contributed by atoms with van der Waals surface area (Å²) in [4.78, 5) is 24.0. The molecule has 0 atom stereocenters. The summed E-state index contributed by atoms with van der Waals surface area (Å²) < 4.78 is 2.79. The van der Waals surface area contributed by atoms with Gasteiger partial charge in [0.1, 0.15) is 10.6 Å². The summed E-state index contributed by atoms with van der Waals surface area (Å²) in [6, 6.07) is 7.96. The number of carbonyl (C=O) groups excluding carboxylic acids is 1. The van der Waals surface area contributed by atoms with Crippen LogP contribution in [0.3, 0.4) is 0 Å². The molecule has 144 valence electrons. The second-order valence-corrected chi connectivity index (χ2v) is 7.62. The quantitative estimate of drug-likeness (QED) is 0.521. The first-order valence-electron chi connectivity index (χ1n) is 9.35. The van der Waals surface area contributed by atoms with E-state index < -0.39 is 0 Å². The van der Waals surface area contributed by atoms with Crippen LogP contribution in [-0.2, 0) is 13.1 Å². The lowest BCUT2D eigenvalue weighted by Crippen LogP contribution is -2.23. The monoisotopic (exact) mass is 394 g/mol. The molecule has 4 aromatic rings. The molecule has 8 heteroatoms. The Morgan fingerprint density at radius 2 is 2.04 bits per heavy atom. The normalized spacial score (nSPS) is 11.5. The van der Waals surface area contributed by atoms with Crippen LogP contribution in [-0.4, -0.2) is 43.5 Å². The second-order valence-electron chi connectivity index (χ2n) is 6.51. The number of hydrogen-bond acceptors (Lipinski definition) is 6. The smallest absolute Gasteiger partial charge is 0.257 e. The average molecular weight is 395 g/mol. The summed E-state index contributed by atoms with van der Waals surface area (Å²) in [6.45, 7) is 7.43. The molecule has 3 aromatic heterocycles. The molecule has 3 heterocycles. The summed E-state index contributed by atoms with van der Waals surface area (Å²) in [7, 11) is 0. The van der Waals surface area contributed by atoms with E-state index in [2.05, 4.69) is 39.1 Å². The van der Waals surface area contributed by atoms with Gasteiger partial charge >= 0.3 is 0 Å². The number of rotatable bonds is 7. The Hall–Kier alpha value is -2.84. The van der Waals surface area contributed by atoms with Crippen LogP contribution < -0.4 is 5.32 Å². The molecule has 1 amide bonds. The minimum absolute atomic E-state index is 0.196. The fourth-order valence-corrected chi connectivity index (χ4v) is 4.01. The summed E-state index contributed by atoms with van der Waals surface area (Å²) in [5.41, 5.74) is 3.05. The lowest BCUT2D eigenvalue weighted by Gasteiger charge is -2.17. The van der Waals surface area contributed by atoms with Gasteiger partial charge in [0.25, 0.3) is 5.91 Å². The van der Waals surface area contributed by atoms with Gasteiger partial charge in [-0.25, -0.2) is 14.5 Å². The summed E-state index contributed by atoms with van der Waals surface area (Å²) in [5, 5.41) is 8.11. The Labute approximate surface area is 167 Å². The van der Waals surface area contributed by atoms with Gasteiger partial charge in [0.15, 0.2) is 5.65 Å². The predicted molar refractivity (Wildman–Crippen MR) is 110 cm³/mol. The number of nitrogens with zero attached hydrogens (tertiary/aromatic N) is 5. The number of thiazole rings is 1. The average Bonchev–Trinajstić information content (AvgIpc) is 3.33. The van der Waals surface area contributed by atoms with E-state index in [1.165, 1.54) is 0 Å². The standard InChI is InChI=1S/C20H22N6OS/c1-3-25(4-2)12-14-9-21-19-15(10-23-26(19)13-14)20(27)22-11-18-24-16-7-5-6-8-17(16)28-18/h5-10,13H,3-4,11-12H2,1-2H3,(H,22,27). The maximum absolute atomic E-state index is 12.6. The number of benzene rings is 1. The third-order valence-electron chi connectivity index (χ3n) is 4.69. The molecule has 0 aliphatic rings. The Kier molecular flexibility index (Phi) is 5.31. The van der Waals surface area contributed by atoms with Crippen LogP contribution in [0.25, 0.3) is 15.9 Å². The fourth-order valence-electron chi connectivity index (χ4n) is 3.11. The number of para-hydroxylation sites is 1. The Morgan fingerprint density at radius 3 is 2.82 bits per heavy atom. The molecule has 0 aliphatic carbocycles. The molecule has 7 nitrogen and oxygen atoms in total. The van der Waals surface area contributed by atoms with Crippen molar-refractivity contribution in [2.75, 3.05) is 13.1 Å². The second kappa shape index (κ2) is 8.04. The molecular weight excluding hydrogens is 372 g/mol. The Bertz CT molecular complexity index is 1080. The first-order valence-corrected chi connectivity index (χ1v) is 10.2. The highest BCUT2D eigenvalue weighted by Gasteiger charge is 2.15. The summed E-state index contributed by atoms with van der Waals surface area (Å²) in [6.07, 6.45) is 5.32. The van der Waals surface area contributed by atoms with Crippen molar-refractivity contribution in [2.45, 2.75) is 26.9 Å². The molecule has 4 rings (SSSR count). The molecule has 0 spiro atoms. The van der Waals surface area contributed by atoms with Crippen LogP contribution >= 0.6 is 11.3 Å². The minimum atomic E-state index is -0.196. The van der Waals surface area contributed by atoms with E-state index in [1.807, 2.05) is 36.7 Å². The van der Waals surface area contributed by atoms with Crippen LogP contribution in [0.5, 0.6) is 0 Å². The highest BCUT2D eigenvalue weighted by molar-refractivity contribution is 7.18. The van der Waals surface area contributed by atoms with Crippen molar-refractivity contribution < 1.29 is 4.79 Å². The zero-order valence-electron chi connectivity index (χ0n) is 15.9. The topological polar surface area (TPSA) is 75.4 Å². The van der Waals surface area contributed by atoms with Crippen molar-refractivity contribution in [1.29, 1.82) is 0 Å². The molecule has 0 bridgehead atoms. The number of carbonyl (C=O) groups is 1. The van der Waals surface area contributed by atoms with Gasteiger partial charge in [0, 0.05) is 24.5 Å². The summed E-state index contributed by atoms with van der Waals surface area (Å²) in [5.74, 6) is -0.196. The largest absolute Gasteiger partial charge is 0.345 e. The number of hydrogen-bond donors (Lipinski definition) is 1. The zero-order valence-corrected chi connectivity index (χ0v) is 16.7. The number of nitrogens with one attached hydrogen (secondary N) is 1. The van der Waals surface area contributed by atoms with Crippen molar-refractivity contribution >= 4 is 33.1 Å². The molecule has 28 heavy (non-hydrogen) atoms. The van der Waals surface area contributed by atoms with Crippen molar-refractivity contribution in [3.05, 3.63) is 59.0 Å². The highest BCUT2D eigenvalue weighted by atomic mass is 32.1. The van der Waals surface area contributed by atoms with E-state index >= 15 is 0 Å². The lowest BCUT2D eigenvalue weighted by atomic mass is 10.3. The van der Waals surface area contributed by atoms with Gasteiger partial charge in [-0.2, -0.15) is 5.10 Å². The molecule has 0 saturated heterocycles. The van der Waals surface area contributed by atoms with Gasteiger partial charge in [0.05, 0.1) is 23.0 Å². The van der Waals surface area contributed by atoms with Gasteiger partial charge in [-0.3, -0.25) is 9.69 Å². The molecule has 0 fully saturated rings. The molecular formula is C20H22N6OS. The maximum atomic E-state index is 12.6. The van der Waals surface area contributed by atoms with Crippen LogP contribution in [0.15, 0.2) is 42.9 Å². The van der Waals surface area contributed by atoms with Crippen LogP contribution in [0.4, 0.5) is 0 Å². The highest BCUT2D eigenvalue weighted by Crippen LogP contribution is 2.21. The molecule has 0 saturated carbocycles. The van der Waals surface area contributed by atoms with E-state index in [1.54, 1.807) is 22.0 Å². The maximum Gasteiger partial charge on any atom is 0.257 e. The first-order chi connectivity index (χ1) is 13.7. The number of fused-ring (bicyclic) bond motifs is 2. The minimum Gasteiger partial charge on any atom is -0.345 e. The van der Waals surface area contributed by atoms with Gasteiger partial charge in [-0.15, -0.1) is 11.3 Å². The van der Waals surface area contributed by atoms with E-state index in [-0.39, 0.29) is 5.91 Å². The molecule has 1 N–H and O–H groups in total. The molecule has 0 unspecified atom stereocenters. The van der Waals surface area contributed by atoms with E-state index in [0.29, 0.717) is 17.8 Å². The van der Waals surface area contributed by atoms with Crippen LogP contribution in [0, 0.1) is 0 Å². The number of amides is 1. The van der Waals surface area contributed by atoms with Crippen molar-refractivity contribution in [1.82, 2.24) is 29.8 Å². The van der Waals surface area contributed by atoms with Crippen molar-refractivity contribution in [3.8, 4) is 0 Å². The van der Waals surface area contributed by atoms with E-state index in [4.69, 9.17) is 0 Å². The molecule has 0 aliphatic heterocycles. The van der Waals surface area contributed by atoms with E-state index in [9.17, 15) is 4.79 Å². The molecule has 1 aromatic carbocycles. The summed E-state index contributed by atoms with van der Waals surface area (Å²) >= 11 is 1.59. The van der Waals surface area contributed by atoms with Crippen molar-refractivity contribution in [3.63, 3.8) is 0 Å². The number of aromatic nitrogens is 4. The van der Waals surface area contributed by atoms with Gasteiger partial charge in [0.2, 0.25) is 0 Å². The van der Waals surface area contributed by atoms with Gasteiger partial charge in [-0.05, 0) is 25.2 Å². The van der Waals surface area contributed by atoms with Crippen LogP contribution in [0.2, 0.25) is 0 Å². The zero-order chi connectivity index (χ0) is 19.5. The Morgan fingerprint density at radius 1 is 1.21 bits per heavy atom. The SMILES string of the molecule is CCN(CC)Cc1cnc2c(C(=O)NCc3nc4ccccc4s3)cnn2c1. The Balaban J connectivity index is 1.47. The lowest BCUT2D eigenvalue weighted by molar-refractivity contribution is 0.0952. The fraction of sp³-hybridized carbons (Fsp3) is 0.300. The van der Waals surface area contributed by atoms with Crippen molar-refractivity contribution in [2.24, 2.45) is 0 Å². The third kappa shape index (κ3) is 3.74.